The molecule has 0 saturated carbocycles. The molecule has 1 atom stereocenters. The van der Waals surface area contributed by atoms with Gasteiger partial charge < -0.3 is 5.73 Å². The summed E-state index contributed by atoms with van der Waals surface area (Å²) in [5.74, 6) is 0.144. The molecule has 2 N–H and O–H groups in total. The fraction of sp³-hybridized carbons (Fsp3) is 0.455. The second kappa shape index (κ2) is 5.95. The van der Waals surface area contributed by atoms with Crippen LogP contribution in [0, 0.1) is 5.92 Å². The Labute approximate surface area is 111 Å². The largest absolute Gasteiger partial charge is 0.330 e. The van der Waals surface area contributed by atoms with Crippen LogP contribution in [-0.2, 0) is 10.0 Å². The number of halogens is 1. The highest BCUT2D eigenvalue weighted by molar-refractivity contribution is 9.10. The van der Waals surface area contributed by atoms with Crippen molar-refractivity contribution < 1.29 is 8.42 Å². The summed E-state index contributed by atoms with van der Waals surface area (Å²) in [6, 6.07) is 6.60. The van der Waals surface area contributed by atoms with Crippen molar-refractivity contribution in [1.82, 2.24) is 4.31 Å². The van der Waals surface area contributed by atoms with E-state index in [0.717, 1.165) is 4.47 Å². The summed E-state index contributed by atoms with van der Waals surface area (Å²) in [6.07, 6.45) is 0. The molecule has 6 heteroatoms. The number of benzene rings is 1. The van der Waals surface area contributed by atoms with E-state index in [0.29, 0.717) is 18.0 Å². The van der Waals surface area contributed by atoms with Gasteiger partial charge in [-0.25, -0.2) is 12.7 Å². The van der Waals surface area contributed by atoms with E-state index in [1.165, 1.54) is 4.31 Å². The predicted octanol–water partition coefficient (Wildman–Crippen LogP) is 1.66. The van der Waals surface area contributed by atoms with E-state index in [1.807, 2.05) is 6.92 Å². The fourth-order valence-electron chi connectivity index (χ4n) is 1.40. The van der Waals surface area contributed by atoms with Crippen molar-refractivity contribution in [3.8, 4) is 0 Å². The first-order valence-corrected chi connectivity index (χ1v) is 7.53. The minimum absolute atomic E-state index is 0.144. The van der Waals surface area contributed by atoms with Crippen LogP contribution in [0.15, 0.2) is 33.6 Å². The highest BCUT2D eigenvalue weighted by Crippen LogP contribution is 2.18. The summed E-state index contributed by atoms with van der Waals surface area (Å²) in [5.41, 5.74) is 5.49. The third kappa shape index (κ3) is 3.77. The van der Waals surface area contributed by atoms with Crippen LogP contribution in [0.4, 0.5) is 0 Å². The van der Waals surface area contributed by atoms with Gasteiger partial charge in [-0.05, 0) is 36.7 Å². The smallest absolute Gasteiger partial charge is 0.242 e. The molecule has 0 heterocycles. The number of nitrogens with zero attached hydrogens (tertiary/aromatic N) is 1. The molecule has 0 amide bonds. The Morgan fingerprint density at radius 2 is 1.88 bits per heavy atom. The van der Waals surface area contributed by atoms with Crippen LogP contribution < -0.4 is 5.73 Å². The maximum atomic E-state index is 12.2. The highest BCUT2D eigenvalue weighted by Gasteiger charge is 2.21. The molecule has 0 fully saturated rings. The summed E-state index contributed by atoms with van der Waals surface area (Å²) in [6.45, 7) is 2.82. The molecule has 0 bridgehead atoms. The summed E-state index contributed by atoms with van der Waals surface area (Å²) >= 11 is 3.28. The van der Waals surface area contributed by atoms with Gasteiger partial charge >= 0.3 is 0 Å². The van der Waals surface area contributed by atoms with Crippen LogP contribution >= 0.6 is 15.9 Å². The average Bonchev–Trinajstić information content (AvgIpc) is 2.29. The Balaban J connectivity index is 2.91. The zero-order valence-electron chi connectivity index (χ0n) is 9.93. The van der Waals surface area contributed by atoms with Gasteiger partial charge in [0.05, 0.1) is 4.90 Å². The zero-order valence-corrected chi connectivity index (χ0v) is 12.3. The monoisotopic (exact) mass is 320 g/mol. The number of hydrogen-bond donors (Lipinski definition) is 1. The summed E-state index contributed by atoms with van der Waals surface area (Å²) < 4.78 is 26.5. The van der Waals surface area contributed by atoms with Crippen LogP contribution in [0.25, 0.3) is 0 Å². The number of nitrogens with two attached hydrogens (primary N) is 1. The van der Waals surface area contributed by atoms with Crippen molar-refractivity contribution >= 4 is 26.0 Å². The SMILES string of the molecule is CC(CN)CN(C)S(=O)(=O)c1ccc(Br)cc1. The Kier molecular flexibility index (Phi) is 5.12. The fourth-order valence-corrected chi connectivity index (χ4v) is 2.95. The van der Waals surface area contributed by atoms with Crippen molar-refractivity contribution in [3.05, 3.63) is 28.7 Å². The molecule has 0 saturated heterocycles. The van der Waals surface area contributed by atoms with Crippen LogP contribution in [0.1, 0.15) is 6.92 Å². The molecule has 0 aliphatic carbocycles. The lowest BCUT2D eigenvalue weighted by molar-refractivity contribution is 0.405. The van der Waals surface area contributed by atoms with Crippen molar-refractivity contribution in [2.45, 2.75) is 11.8 Å². The van der Waals surface area contributed by atoms with E-state index in [1.54, 1.807) is 31.3 Å². The molecule has 0 aromatic heterocycles. The molecule has 0 aliphatic heterocycles. The first-order valence-electron chi connectivity index (χ1n) is 5.30. The molecule has 0 spiro atoms. The Morgan fingerprint density at radius 3 is 2.35 bits per heavy atom. The molecule has 4 nitrogen and oxygen atoms in total. The van der Waals surface area contributed by atoms with Crippen molar-refractivity contribution in [3.63, 3.8) is 0 Å². The molecule has 17 heavy (non-hydrogen) atoms. The van der Waals surface area contributed by atoms with Gasteiger partial charge in [-0.15, -0.1) is 0 Å². The van der Waals surface area contributed by atoms with E-state index >= 15 is 0 Å². The quantitative estimate of drug-likeness (QED) is 0.897. The van der Waals surface area contributed by atoms with Crippen molar-refractivity contribution in [1.29, 1.82) is 0 Å². The second-order valence-corrected chi connectivity index (χ2v) is 7.04. The van der Waals surface area contributed by atoms with Gasteiger partial charge in [0.15, 0.2) is 0 Å². The van der Waals surface area contributed by atoms with E-state index < -0.39 is 10.0 Å². The number of rotatable bonds is 5. The molecule has 1 rings (SSSR count). The summed E-state index contributed by atoms with van der Waals surface area (Å²) in [7, 11) is -1.83. The van der Waals surface area contributed by atoms with Crippen molar-refractivity contribution in [2.24, 2.45) is 11.7 Å². The van der Waals surface area contributed by atoms with Crippen LogP contribution in [-0.4, -0.2) is 32.9 Å². The topological polar surface area (TPSA) is 63.4 Å². The van der Waals surface area contributed by atoms with Crippen LogP contribution in [0.2, 0.25) is 0 Å². The lowest BCUT2D eigenvalue weighted by atomic mass is 10.2. The van der Waals surface area contributed by atoms with E-state index in [9.17, 15) is 8.42 Å². The van der Waals surface area contributed by atoms with Gasteiger partial charge in [0.25, 0.3) is 0 Å². The Morgan fingerprint density at radius 1 is 1.35 bits per heavy atom. The Bertz CT molecular complexity index is 459. The van der Waals surface area contributed by atoms with Gasteiger partial charge in [0.1, 0.15) is 0 Å². The van der Waals surface area contributed by atoms with Gasteiger partial charge in [-0.3, -0.25) is 0 Å². The molecular weight excluding hydrogens is 304 g/mol. The minimum Gasteiger partial charge on any atom is -0.330 e. The van der Waals surface area contributed by atoms with E-state index in [2.05, 4.69) is 15.9 Å². The molecule has 1 aromatic rings. The van der Waals surface area contributed by atoms with E-state index in [-0.39, 0.29) is 5.92 Å². The summed E-state index contributed by atoms with van der Waals surface area (Å²) in [4.78, 5) is 0.299. The van der Waals surface area contributed by atoms with Crippen LogP contribution in [0.3, 0.4) is 0 Å². The standard InChI is InChI=1S/C11H17BrN2O2S/c1-9(7-13)8-14(2)17(15,16)11-5-3-10(12)4-6-11/h3-6,9H,7-8,13H2,1-2H3. The zero-order chi connectivity index (χ0) is 13.1. The molecule has 96 valence electrons. The predicted molar refractivity (Wildman–Crippen MR) is 72.2 cm³/mol. The molecular formula is C11H17BrN2O2S. The highest BCUT2D eigenvalue weighted by atomic mass is 79.9. The summed E-state index contributed by atoms with van der Waals surface area (Å²) in [5, 5.41) is 0. The van der Waals surface area contributed by atoms with Crippen molar-refractivity contribution in [2.75, 3.05) is 20.1 Å². The van der Waals surface area contributed by atoms with Gasteiger partial charge in [0.2, 0.25) is 10.0 Å². The molecule has 0 aliphatic rings. The number of sulfonamides is 1. The lowest BCUT2D eigenvalue weighted by Crippen LogP contribution is -2.33. The first-order chi connectivity index (χ1) is 7.87. The lowest BCUT2D eigenvalue weighted by Gasteiger charge is -2.20. The maximum absolute atomic E-state index is 12.2. The maximum Gasteiger partial charge on any atom is 0.242 e. The van der Waals surface area contributed by atoms with Gasteiger partial charge in [0, 0.05) is 18.1 Å². The molecule has 0 radical (unpaired) electrons. The van der Waals surface area contributed by atoms with Gasteiger partial charge in [-0.2, -0.15) is 0 Å². The minimum atomic E-state index is -3.40. The van der Waals surface area contributed by atoms with E-state index in [4.69, 9.17) is 5.73 Å². The molecule has 1 aromatic carbocycles. The second-order valence-electron chi connectivity index (χ2n) is 4.08. The van der Waals surface area contributed by atoms with Gasteiger partial charge in [-0.1, -0.05) is 22.9 Å². The number of hydrogen-bond acceptors (Lipinski definition) is 3. The normalized spacial score (nSPS) is 13.9. The third-order valence-electron chi connectivity index (χ3n) is 2.49. The average molecular weight is 321 g/mol. The molecule has 1 unspecified atom stereocenters. The Hall–Kier alpha value is -0.430. The first kappa shape index (κ1) is 14.6. The third-order valence-corrected chi connectivity index (χ3v) is 4.86. The van der Waals surface area contributed by atoms with Crippen LogP contribution in [0.5, 0.6) is 0 Å².